The number of fused-ring (bicyclic) bond motifs is 1. The van der Waals surface area contributed by atoms with Crippen molar-refractivity contribution in [3.8, 4) is 5.69 Å². The van der Waals surface area contributed by atoms with E-state index in [4.69, 9.17) is 4.98 Å². The Morgan fingerprint density at radius 1 is 1.11 bits per heavy atom. The molecule has 144 valence electrons. The number of benzene rings is 2. The number of carbonyl (C=O) groups is 2. The van der Waals surface area contributed by atoms with Gasteiger partial charge in [0.2, 0.25) is 5.91 Å². The Bertz CT molecular complexity index is 1030. The summed E-state index contributed by atoms with van der Waals surface area (Å²) < 4.78 is 2.09. The fourth-order valence-corrected chi connectivity index (χ4v) is 3.83. The van der Waals surface area contributed by atoms with Gasteiger partial charge in [-0.15, -0.1) is 0 Å². The third-order valence-corrected chi connectivity index (χ3v) is 5.55. The Morgan fingerprint density at radius 3 is 2.54 bits per heavy atom. The molecule has 3 aromatic rings. The van der Waals surface area contributed by atoms with E-state index in [1.54, 1.807) is 11.8 Å². The third-order valence-electron chi connectivity index (χ3n) is 5.55. The van der Waals surface area contributed by atoms with Crippen LogP contribution in [-0.2, 0) is 16.0 Å². The predicted molar refractivity (Wildman–Crippen MR) is 106 cm³/mol. The van der Waals surface area contributed by atoms with Gasteiger partial charge in [0.15, 0.2) is 0 Å². The molecule has 0 radical (unpaired) electrons. The van der Waals surface area contributed by atoms with E-state index in [9.17, 15) is 14.7 Å². The van der Waals surface area contributed by atoms with Crippen LogP contribution in [0.3, 0.4) is 0 Å². The number of hydrogen-bond acceptors (Lipinski definition) is 3. The van der Waals surface area contributed by atoms with Crippen LogP contribution in [0.15, 0.2) is 54.6 Å². The van der Waals surface area contributed by atoms with E-state index in [2.05, 4.69) is 4.57 Å². The highest BCUT2D eigenvalue weighted by atomic mass is 16.4. The smallest absolute Gasteiger partial charge is 0.311 e. The van der Waals surface area contributed by atoms with Crippen molar-refractivity contribution in [2.24, 2.45) is 5.41 Å². The molecule has 28 heavy (non-hydrogen) atoms. The van der Waals surface area contributed by atoms with E-state index in [0.717, 1.165) is 22.5 Å². The first-order valence-electron chi connectivity index (χ1n) is 9.51. The molecule has 0 spiro atoms. The maximum atomic E-state index is 12.7. The third kappa shape index (κ3) is 3.26. The number of para-hydroxylation sites is 3. The van der Waals surface area contributed by atoms with Gasteiger partial charge in [-0.1, -0.05) is 30.3 Å². The number of hydrogen-bond donors (Lipinski definition) is 1. The Kier molecular flexibility index (Phi) is 4.63. The first-order chi connectivity index (χ1) is 13.5. The molecule has 0 bridgehead atoms. The van der Waals surface area contributed by atoms with Crippen molar-refractivity contribution in [3.05, 3.63) is 60.4 Å². The van der Waals surface area contributed by atoms with Crippen LogP contribution in [-0.4, -0.2) is 44.5 Å². The standard InChI is InChI=1S/C22H23N3O3/c1-22(21(27)28)13-14-24(15-22)20(26)12-11-19-23-17-9-5-6-10-18(17)25(19)16-7-3-2-4-8-16/h2-10H,11-15H2,1H3,(H,27,28)/t22-/m0/s1. The summed E-state index contributed by atoms with van der Waals surface area (Å²) in [5.74, 6) is -0.0220. The van der Waals surface area contributed by atoms with Crippen LogP contribution >= 0.6 is 0 Å². The molecule has 6 heteroatoms. The summed E-state index contributed by atoms with van der Waals surface area (Å²) in [6.45, 7) is 2.48. The van der Waals surface area contributed by atoms with E-state index >= 15 is 0 Å². The number of likely N-dealkylation sites (tertiary alicyclic amines) is 1. The zero-order chi connectivity index (χ0) is 19.7. The van der Waals surface area contributed by atoms with Crippen LogP contribution in [0.25, 0.3) is 16.7 Å². The van der Waals surface area contributed by atoms with E-state index < -0.39 is 11.4 Å². The van der Waals surface area contributed by atoms with Crippen LogP contribution in [0.5, 0.6) is 0 Å². The molecule has 0 aliphatic carbocycles. The van der Waals surface area contributed by atoms with Gasteiger partial charge in [-0.05, 0) is 37.6 Å². The average molecular weight is 377 g/mol. The largest absolute Gasteiger partial charge is 0.481 e. The van der Waals surface area contributed by atoms with Gasteiger partial charge >= 0.3 is 5.97 Å². The van der Waals surface area contributed by atoms with Crippen molar-refractivity contribution in [2.75, 3.05) is 13.1 Å². The zero-order valence-corrected chi connectivity index (χ0v) is 15.8. The van der Waals surface area contributed by atoms with Crippen LogP contribution < -0.4 is 0 Å². The first kappa shape index (κ1) is 18.2. The molecular formula is C22H23N3O3. The number of aliphatic carboxylic acids is 1. The van der Waals surface area contributed by atoms with Crippen LogP contribution in [0.4, 0.5) is 0 Å². The molecule has 0 saturated carbocycles. The summed E-state index contributed by atoms with van der Waals surface area (Å²) in [5, 5.41) is 9.37. The normalized spacial score (nSPS) is 19.2. The molecule has 1 aromatic heterocycles. The maximum Gasteiger partial charge on any atom is 0.311 e. The second-order valence-corrected chi connectivity index (χ2v) is 7.62. The van der Waals surface area contributed by atoms with E-state index in [-0.39, 0.29) is 12.5 Å². The van der Waals surface area contributed by atoms with Crippen LogP contribution in [0, 0.1) is 5.41 Å². The molecule has 1 saturated heterocycles. The quantitative estimate of drug-likeness (QED) is 0.740. The minimum absolute atomic E-state index is 0.0170. The van der Waals surface area contributed by atoms with Crippen molar-refractivity contribution in [1.29, 1.82) is 0 Å². The van der Waals surface area contributed by atoms with Gasteiger partial charge in [-0.2, -0.15) is 0 Å². The number of imidazole rings is 1. The molecule has 1 atom stereocenters. The summed E-state index contributed by atoms with van der Waals surface area (Å²) in [4.78, 5) is 30.5. The minimum Gasteiger partial charge on any atom is -0.481 e. The summed E-state index contributed by atoms with van der Waals surface area (Å²) in [5.41, 5.74) is 2.08. The fraction of sp³-hybridized carbons (Fsp3) is 0.318. The topological polar surface area (TPSA) is 75.4 Å². The lowest BCUT2D eigenvalue weighted by Crippen LogP contribution is -2.35. The number of carboxylic acid groups (broad SMARTS) is 1. The molecule has 4 rings (SSSR count). The number of carbonyl (C=O) groups excluding carboxylic acids is 1. The molecule has 1 fully saturated rings. The van der Waals surface area contributed by atoms with E-state index in [1.165, 1.54) is 0 Å². The Balaban J connectivity index is 1.56. The monoisotopic (exact) mass is 377 g/mol. The van der Waals surface area contributed by atoms with E-state index in [0.29, 0.717) is 25.8 Å². The average Bonchev–Trinajstić information content (AvgIpc) is 3.28. The Labute approximate surface area is 163 Å². The van der Waals surface area contributed by atoms with Crippen LogP contribution in [0.2, 0.25) is 0 Å². The maximum absolute atomic E-state index is 12.7. The highest BCUT2D eigenvalue weighted by molar-refractivity contribution is 5.81. The highest BCUT2D eigenvalue weighted by Crippen LogP contribution is 2.30. The number of rotatable bonds is 5. The van der Waals surface area contributed by atoms with Gasteiger partial charge in [0, 0.05) is 31.6 Å². The summed E-state index contributed by atoms with van der Waals surface area (Å²) >= 11 is 0. The fourth-order valence-electron chi connectivity index (χ4n) is 3.83. The van der Waals surface area contributed by atoms with Crippen molar-refractivity contribution in [2.45, 2.75) is 26.2 Å². The lowest BCUT2D eigenvalue weighted by molar-refractivity contribution is -0.147. The van der Waals surface area contributed by atoms with Gasteiger partial charge in [0.1, 0.15) is 5.82 Å². The number of aromatic nitrogens is 2. The lowest BCUT2D eigenvalue weighted by atomic mass is 9.90. The molecule has 6 nitrogen and oxygen atoms in total. The number of amides is 1. The van der Waals surface area contributed by atoms with Crippen molar-refractivity contribution in [3.63, 3.8) is 0 Å². The van der Waals surface area contributed by atoms with Crippen molar-refractivity contribution < 1.29 is 14.7 Å². The lowest BCUT2D eigenvalue weighted by Gasteiger charge is -2.20. The minimum atomic E-state index is -0.840. The molecule has 1 aliphatic heterocycles. The van der Waals surface area contributed by atoms with Gasteiger partial charge in [-0.25, -0.2) is 4.98 Å². The number of carboxylic acids is 1. The van der Waals surface area contributed by atoms with Crippen LogP contribution in [0.1, 0.15) is 25.6 Å². The number of aryl methyl sites for hydroxylation is 1. The first-order valence-corrected chi connectivity index (χ1v) is 9.51. The van der Waals surface area contributed by atoms with Gasteiger partial charge in [0.25, 0.3) is 0 Å². The zero-order valence-electron chi connectivity index (χ0n) is 15.8. The second-order valence-electron chi connectivity index (χ2n) is 7.62. The predicted octanol–water partition coefficient (Wildman–Crippen LogP) is 3.28. The SMILES string of the molecule is C[C@]1(C(=O)O)CCN(C(=O)CCc2nc3ccccc3n2-c2ccccc2)C1. The molecular weight excluding hydrogens is 354 g/mol. The van der Waals surface area contributed by atoms with Gasteiger partial charge in [-0.3, -0.25) is 14.2 Å². The summed E-state index contributed by atoms with van der Waals surface area (Å²) in [7, 11) is 0. The van der Waals surface area contributed by atoms with Gasteiger partial charge in [0.05, 0.1) is 16.4 Å². The molecule has 1 amide bonds. The molecule has 1 N–H and O–H groups in total. The summed E-state index contributed by atoms with van der Waals surface area (Å²) in [6.07, 6.45) is 1.31. The molecule has 2 aromatic carbocycles. The van der Waals surface area contributed by atoms with E-state index in [1.807, 2.05) is 54.6 Å². The summed E-state index contributed by atoms with van der Waals surface area (Å²) in [6, 6.07) is 17.9. The Morgan fingerprint density at radius 2 is 1.82 bits per heavy atom. The molecule has 1 aliphatic rings. The van der Waals surface area contributed by atoms with Crippen molar-refractivity contribution >= 4 is 22.9 Å². The Hall–Kier alpha value is -3.15. The number of nitrogens with zero attached hydrogens (tertiary/aromatic N) is 3. The molecule has 0 unspecified atom stereocenters. The second kappa shape index (κ2) is 7.11. The molecule has 2 heterocycles. The van der Waals surface area contributed by atoms with Crippen molar-refractivity contribution in [1.82, 2.24) is 14.5 Å². The highest BCUT2D eigenvalue weighted by Gasteiger charge is 2.41. The van der Waals surface area contributed by atoms with Gasteiger partial charge < -0.3 is 10.0 Å².